The van der Waals surface area contributed by atoms with E-state index in [-0.39, 0.29) is 28.3 Å². The van der Waals surface area contributed by atoms with Gasteiger partial charge in [0.05, 0.1) is 29.7 Å². The number of hydrogen-bond acceptors (Lipinski definition) is 9. The quantitative estimate of drug-likeness (QED) is 0.195. The van der Waals surface area contributed by atoms with Gasteiger partial charge in [-0.3, -0.25) is 9.52 Å². The molecule has 0 fully saturated rings. The van der Waals surface area contributed by atoms with Gasteiger partial charge in [-0.2, -0.15) is 0 Å². The second kappa shape index (κ2) is 11.3. The average Bonchev–Trinajstić information content (AvgIpc) is 3.62. The molecule has 0 aliphatic carbocycles. The molecule has 2 aromatic carbocycles. The van der Waals surface area contributed by atoms with Crippen LogP contribution in [0.15, 0.2) is 53.1 Å². The van der Waals surface area contributed by atoms with E-state index in [9.17, 15) is 17.6 Å². The van der Waals surface area contributed by atoms with Gasteiger partial charge in [0.1, 0.15) is 28.0 Å². The number of carbonyl (C=O) groups is 1. The minimum absolute atomic E-state index is 0.156. The lowest BCUT2D eigenvalue weighted by atomic mass is 9.99. The normalized spacial score (nSPS) is 12.9. The van der Waals surface area contributed by atoms with Gasteiger partial charge >= 0.3 is 0 Å². The van der Waals surface area contributed by atoms with E-state index in [1.807, 2.05) is 6.07 Å². The molecule has 43 heavy (non-hydrogen) atoms. The largest absolute Gasteiger partial charge is 0.480 e. The van der Waals surface area contributed by atoms with Crippen LogP contribution in [0.25, 0.3) is 44.0 Å². The Morgan fingerprint density at radius 1 is 1.16 bits per heavy atom. The summed E-state index contributed by atoms with van der Waals surface area (Å²) in [5.41, 5.74) is 2.93. The number of anilines is 2. The number of hydrogen-bond donors (Lipinski definition) is 3. The van der Waals surface area contributed by atoms with Gasteiger partial charge in [0.25, 0.3) is 5.91 Å². The van der Waals surface area contributed by atoms with E-state index in [0.717, 1.165) is 35.1 Å². The van der Waals surface area contributed by atoms with Gasteiger partial charge in [0.2, 0.25) is 15.9 Å². The van der Waals surface area contributed by atoms with E-state index in [4.69, 9.17) is 14.1 Å². The Kier molecular flexibility index (Phi) is 7.52. The zero-order valence-corrected chi connectivity index (χ0v) is 25.2. The smallest absolute Gasteiger partial charge is 0.255 e. The average molecular weight is 622 g/mol. The summed E-state index contributed by atoms with van der Waals surface area (Å²) in [6.07, 6.45) is 3.52. The summed E-state index contributed by atoms with van der Waals surface area (Å²) in [6, 6.07) is 10.7. The highest BCUT2D eigenvalue weighted by atomic mass is 32.2. The van der Waals surface area contributed by atoms with Crippen LogP contribution in [0.5, 0.6) is 5.88 Å². The number of thiazole rings is 1. The van der Waals surface area contributed by atoms with E-state index >= 15 is 0 Å². The Morgan fingerprint density at radius 3 is 2.65 bits per heavy atom. The number of sulfonamides is 1. The van der Waals surface area contributed by atoms with Crippen LogP contribution < -0.4 is 20.1 Å². The number of carbonyl (C=O) groups excluding carboxylic acids is 1. The number of aromatic nitrogens is 2. The number of benzene rings is 2. The number of amides is 1. The Hall–Kier alpha value is -4.49. The molecule has 3 N–H and O–H groups in total. The summed E-state index contributed by atoms with van der Waals surface area (Å²) in [5.74, 6) is 0.444. The number of ether oxygens (including phenoxy) is 1. The van der Waals surface area contributed by atoms with E-state index in [1.54, 1.807) is 29.7 Å². The Morgan fingerprint density at radius 2 is 1.95 bits per heavy atom. The second-order valence-electron chi connectivity index (χ2n) is 9.89. The summed E-state index contributed by atoms with van der Waals surface area (Å²) < 4.78 is 53.6. The first-order valence-electron chi connectivity index (χ1n) is 13.6. The van der Waals surface area contributed by atoms with Crippen LogP contribution in [0.3, 0.4) is 0 Å². The van der Waals surface area contributed by atoms with Crippen LogP contribution in [-0.4, -0.2) is 50.7 Å². The third kappa shape index (κ3) is 5.41. The van der Waals surface area contributed by atoms with Gasteiger partial charge in [0.15, 0.2) is 0 Å². The topological polar surface area (TPSA) is 135 Å². The number of methoxy groups -OCH3 is 1. The maximum Gasteiger partial charge on any atom is 0.255 e. The summed E-state index contributed by atoms with van der Waals surface area (Å²) in [5, 5.41) is 7.14. The number of furan rings is 1. The summed E-state index contributed by atoms with van der Waals surface area (Å²) >= 11 is 1.55. The van der Waals surface area contributed by atoms with Crippen molar-refractivity contribution >= 4 is 49.7 Å². The van der Waals surface area contributed by atoms with Gasteiger partial charge in [-0.25, -0.2) is 22.8 Å². The maximum absolute atomic E-state index is 13.7. The van der Waals surface area contributed by atoms with Gasteiger partial charge in [-0.15, -0.1) is 11.3 Å². The van der Waals surface area contributed by atoms with Crippen molar-refractivity contribution in [1.82, 2.24) is 15.3 Å². The molecule has 1 aliphatic heterocycles. The number of nitrogens with one attached hydrogen (secondary N) is 3. The molecule has 0 spiro atoms. The van der Waals surface area contributed by atoms with Crippen LogP contribution in [0.2, 0.25) is 0 Å². The van der Waals surface area contributed by atoms with E-state index in [0.29, 0.717) is 33.5 Å². The first-order valence-corrected chi connectivity index (χ1v) is 16.1. The molecular weight excluding hydrogens is 593 g/mol. The van der Waals surface area contributed by atoms with Crippen molar-refractivity contribution in [2.75, 3.05) is 36.5 Å². The molecule has 4 heterocycles. The molecule has 222 valence electrons. The van der Waals surface area contributed by atoms with Crippen LogP contribution in [-0.2, 0) is 16.4 Å². The first-order chi connectivity index (χ1) is 20.7. The lowest BCUT2D eigenvalue weighted by molar-refractivity contribution is 0.0964. The minimum Gasteiger partial charge on any atom is -0.480 e. The molecule has 0 saturated carbocycles. The molecule has 6 rings (SSSR count). The van der Waals surface area contributed by atoms with E-state index in [1.165, 1.54) is 45.3 Å². The molecule has 1 amide bonds. The highest BCUT2D eigenvalue weighted by molar-refractivity contribution is 7.92. The van der Waals surface area contributed by atoms with Gasteiger partial charge in [0, 0.05) is 52.8 Å². The monoisotopic (exact) mass is 621 g/mol. The molecule has 3 aromatic heterocycles. The number of aryl methyl sites for hydroxylation is 1. The Balaban J connectivity index is 1.59. The molecule has 0 bridgehead atoms. The van der Waals surface area contributed by atoms with Crippen molar-refractivity contribution in [2.45, 2.75) is 19.8 Å². The van der Waals surface area contributed by atoms with Crippen LogP contribution in [0.4, 0.5) is 15.9 Å². The van der Waals surface area contributed by atoms with Crippen LogP contribution >= 0.6 is 11.3 Å². The Bertz CT molecular complexity index is 1950. The van der Waals surface area contributed by atoms with Crippen LogP contribution in [0.1, 0.15) is 28.6 Å². The first kappa shape index (κ1) is 28.6. The van der Waals surface area contributed by atoms with E-state index < -0.39 is 21.7 Å². The van der Waals surface area contributed by atoms with Crippen molar-refractivity contribution in [3.05, 3.63) is 64.9 Å². The number of pyridine rings is 1. The lowest BCUT2D eigenvalue weighted by Crippen LogP contribution is -2.18. The summed E-state index contributed by atoms with van der Waals surface area (Å²) in [4.78, 5) is 23.6. The molecule has 0 radical (unpaired) electrons. The standard InChI is InChI=1S/C30H28FN5O5S2/c1-4-43(38,39)36-22-14-23-20(25(28(37)32-2)26(41-23)16-7-9-18(31)10-8-16)13-19(22)17-12-21(29(40-3)34-15-17)30-35-27-24(42-30)6-5-11-33-27/h7-10,12-15,33,36H,4-6,11H2,1-3H3,(H,32,37). The molecule has 1 aliphatic rings. The zero-order valence-electron chi connectivity index (χ0n) is 23.6. The number of nitrogens with zero attached hydrogens (tertiary/aromatic N) is 2. The molecule has 13 heteroatoms. The molecule has 0 unspecified atom stereocenters. The molecular formula is C30H28FN5O5S2. The SMILES string of the molecule is CCS(=O)(=O)Nc1cc2oc(-c3ccc(F)cc3)c(C(=O)NC)c2cc1-c1cnc(OC)c(-c2nc3c(s2)CCCN3)c1. The molecule has 0 atom stereocenters. The molecule has 10 nitrogen and oxygen atoms in total. The van der Waals surface area contributed by atoms with Gasteiger partial charge in [-0.05, 0) is 56.2 Å². The summed E-state index contributed by atoms with van der Waals surface area (Å²) in [7, 11) is -0.674. The van der Waals surface area contributed by atoms with Crippen molar-refractivity contribution in [1.29, 1.82) is 0 Å². The van der Waals surface area contributed by atoms with Gasteiger partial charge < -0.3 is 19.8 Å². The minimum atomic E-state index is -3.71. The number of rotatable bonds is 8. The lowest BCUT2D eigenvalue weighted by Gasteiger charge is -2.14. The van der Waals surface area contributed by atoms with E-state index in [2.05, 4.69) is 20.3 Å². The fraction of sp³-hybridized carbons (Fsp3) is 0.233. The number of halogens is 1. The molecule has 5 aromatic rings. The fourth-order valence-corrected chi connectivity index (χ4v) is 6.74. The predicted molar refractivity (Wildman–Crippen MR) is 166 cm³/mol. The third-order valence-corrected chi connectivity index (χ3v) is 9.63. The molecule has 0 saturated heterocycles. The fourth-order valence-electron chi connectivity index (χ4n) is 5.01. The van der Waals surface area contributed by atoms with Crippen molar-refractivity contribution in [3.8, 4) is 38.9 Å². The third-order valence-electron chi connectivity index (χ3n) is 7.19. The second-order valence-corrected chi connectivity index (χ2v) is 13.0. The predicted octanol–water partition coefficient (Wildman–Crippen LogP) is 5.91. The highest BCUT2D eigenvalue weighted by Gasteiger charge is 2.26. The van der Waals surface area contributed by atoms with Crippen molar-refractivity contribution in [2.24, 2.45) is 0 Å². The van der Waals surface area contributed by atoms with Crippen molar-refractivity contribution < 1.29 is 26.8 Å². The number of fused-ring (bicyclic) bond motifs is 2. The highest BCUT2D eigenvalue weighted by Crippen LogP contribution is 2.43. The zero-order chi connectivity index (χ0) is 30.3. The van der Waals surface area contributed by atoms with Crippen LogP contribution in [0, 0.1) is 5.82 Å². The van der Waals surface area contributed by atoms with Gasteiger partial charge in [-0.1, -0.05) is 0 Å². The Labute approximate surface area is 251 Å². The maximum atomic E-state index is 13.7. The van der Waals surface area contributed by atoms with Crippen molar-refractivity contribution in [3.63, 3.8) is 0 Å². The summed E-state index contributed by atoms with van der Waals surface area (Å²) in [6.45, 7) is 2.39.